The highest BCUT2D eigenvalue weighted by molar-refractivity contribution is 5.88. The number of aromatic nitrogens is 2. The van der Waals surface area contributed by atoms with Gasteiger partial charge in [-0.2, -0.15) is 5.10 Å². The van der Waals surface area contributed by atoms with Crippen LogP contribution in [0.5, 0.6) is 0 Å². The van der Waals surface area contributed by atoms with Gasteiger partial charge in [-0.1, -0.05) is 5.92 Å². The lowest BCUT2D eigenvalue weighted by atomic mass is 10.2. The van der Waals surface area contributed by atoms with Gasteiger partial charge in [-0.15, -0.1) is 6.42 Å². The molecule has 1 saturated heterocycles. The average molecular weight is 306 g/mol. The molecule has 7 heteroatoms. The molecule has 0 radical (unpaired) electrons. The Kier molecular flexibility index (Phi) is 6.25. The Labute approximate surface area is 130 Å². The fraction of sp³-hybridized carbons (Fsp3) is 0.600. The number of urea groups is 1. The minimum absolute atomic E-state index is 0.0679. The van der Waals surface area contributed by atoms with Crippen molar-refractivity contribution in [1.82, 2.24) is 14.7 Å². The molecule has 0 aliphatic carbocycles. The van der Waals surface area contributed by atoms with Crippen LogP contribution in [0, 0.1) is 12.3 Å². The highest BCUT2D eigenvalue weighted by Gasteiger charge is 2.22. The number of nitrogens with one attached hydrogen (secondary N) is 1. The minimum Gasteiger partial charge on any atom is -0.383 e. The summed E-state index contributed by atoms with van der Waals surface area (Å²) in [6, 6.07) is 1.48. The van der Waals surface area contributed by atoms with Crippen LogP contribution < -0.4 is 5.32 Å². The molecule has 1 aliphatic rings. The van der Waals surface area contributed by atoms with Gasteiger partial charge in [0.15, 0.2) is 5.82 Å². The van der Waals surface area contributed by atoms with Crippen LogP contribution in [0.15, 0.2) is 12.3 Å². The van der Waals surface area contributed by atoms with Gasteiger partial charge in [-0.3, -0.25) is 10.00 Å². The smallest absolute Gasteiger partial charge is 0.323 e. The topological polar surface area (TPSA) is 68.6 Å². The third kappa shape index (κ3) is 4.76. The van der Waals surface area contributed by atoms with Gasteiger partial charge in [0.05, 0.1) is 25.8 Å². The Hall–Kier alpha value is -2.04. The highest BCUT2D eigenvalue weighted by Crippen LogP contribution is 2.14. The van der Waals surface area contributed by atoms with Crippen LogP contribution in [0.3, 0.4) is 0 Å². The van der Waals surface area contributed by atoms with Gasteiger partial charge < -0.3 is 14.4 Å². The van der Waals surface area contributed by atoms with Crippen molar-refractivity contribution in [3.8, 4) is 12.3 Å². The molecule has 2 rings (SSSR count). The summed E-state index contributed by atoms with van der Waals surface area (Å²) >= 11 is 0. The molecule has 1 atom stereocenters. The van der Waals surface area contributed by atoms with E-state index < -0.39 is 0 Å². The number of nitrogens with zero attached hydrogens (tertiary/aromatic N) is 3. The van der Waals surface area contributed by atoms with Gasteiger partial charge in [0.25, 0.3) is 0 Å². The second-order valence-electron chi connectivity index (χ2n) is 5.11. The Morgan fingerprint density at radius 2 is 2.59 bits per heavy atom. The summed E-state index contributed by atoms with van der Waals surface area (Å²) in [5.41, 5.74) is 0. The van der Waals surface area contributed by atoms with E-state index >= 15 is 0 Å². The van der Waals surface area contributed by atoms with Gasteiger partial charge in [0, 0.05) is 32.5 Å². The molecule has 0 spiro atoms. The number of rotatable bonds is 7. The standard InChI is InChI=1S/C15H22N4O3/c1-3-7-18(12-13-5-4-10-22-13)15(20)16-14-6-8-19(17-14)9-11-21-2/h1,6,8,13H,4-5,7,9-12H2,2H3,(H,16,17,20)/t13-/m1/s1. The Morgan fingerprint density at radius 3 is 3.27 bits per heavy atom. The lowest BCUT2D eigenvalue weighted by Crippen LogP contribution is -2.40. The van der Waals surface area contributed by atoms with E-state index in [0.29, 0.717) is 25.5 Å². The second kappa shape index (κ2) is 8.41. The molecule has 1 fully saturated rings. The molecule has 1 N–H and O–H groups in total. The molecule has 2 amide bonds. The summed E-state index contributed by atoms with van der Waals surface area (Å²) < 4.78 is 12.3. The van der Waals surface area contributed by atoms with Gasteiger partial charge in [0.1, 0.15) is 0 Å². The summed E-state index contributed by atoms with van der Waals surface area (Å²) in [7, 11) is 1.63. The van der Waals surface area contributed by atoms with E-state index in [4.69, 9.17) is 15.9 Å². The van der Waals surface area contributed by atoms with E-state index in [9.17, 15) is 4.79 Å². The SMILES string of the molecule is C#CCN(C[C@H]1CCCO1)C(=O)Nc1ccn(CCOC)n1. The number of anilines is 1. The Morgan fingerprint density at radius 1 is 1.73 bits per heavy atom. The lowest BCUT2D eigenvalue weighted by Gasteiger charge is -2.23. The molecular formula is C15H22N4O3. The van der Waals surface area contributed by atoms with Gasteiger partial charge in [0.2, 0.25) is 0 Å². The predicted octanol–water partition coefficient (Wildman–Crippen LogP) is 1.18. The fourth-order valence-corrected chi connectivity index (χ4v) is 2.29. The third-order valence-corrected chi connectivity index (χ3v) is 3.42. The summed E-state index contributed by atoms with van der Waals surface area (Å²) in [6.45, 7) is 2.70. The lowest BCUT2D eigenvalue weighted by molar-refractivity contribution is 0.0867. The number of hydrogen-bond donors (Lipinski definition) is 1. The number of ether oxygens (including phenoxy) is 2. The second-order valence-corrected chi connectivity index (χ2v) is 5.11. The molecule has 0 unspecified atom stereocenters. The summed E-state index contributed by atoms with van der Waals surface area (Å²) in [5, 5.41) is 7.02. The van der Waals surface area contributed by atoms with Crippen molar-refractivity contribution in [3.63, 3.8) is 0 Å². The van der Waals surface area contributed by atoms with Crippen LogP contribution in [0.25, 0.3) is 0 Å². The van der Waals surface area contributed by atoms with E-state index in [1.165, 1.54) is 0 Å². The largest absolute Gasteiger partial charge is 0.383 e. The van der Waals surface area contributed by atoms with Gasteiger partial charge in [-0.05, 0) is 12.8 Å². The van der Waals surface area contributed by atoms with Crippen molar-refractivity contribution in [2.45, 2.75) is 25.5 Å². The molecule has 2 heterocycles. The van der Waals surface area contributed by atoms with Crippen LogP contribution in [0.4, 0.5) is 10.6 Å². The first-order valence-corrected chi connectivity index (χ1v) is 7.36. The molecule has 0 bridgehead atoms. The molecule has 1 aliphatic heterocycles. The number of carbonyl (C=O) groups excluding carboxylic acids is 1. The van der Waals surface area contributed by atoms with Crippen LogP contribution in [0.1, 0.15) is 12.8 Å². The number of carbonyl (C=O) groups is 1. The fourth-order valence-electron chi connectivity index (χ4n) is 2.29. The third-order valence-electron chi connectivity index (χ3n) is 3.42. The van der Waals surface area contributed by atoms with E-state index in [1.54, 1.807) is 29.0 Å². The maximum Gasteiger partial charge on any atom is 0.323 e. The predicted molar refractivity (Wildman–Crippen MR) is 82.5 cm³/mol. The minimum atomic E-state index is -0.259. The zero-order valence-corrected chi connectivity index (χ0v) is 12.8. The molecule has 7 nitrogen and oxygen atoms in total. The maximum absolute atomic E-state index is 12.3. The maximum atomic E-state index is 12.3. The van der Waals surface area contributed by atoms with Gasteiger partial charge >= 0.3 is 6.03 Å². The van der Waals surface area contributed by atoms with Crippen molar-refractivity contribution < 1.29 is 14.3 Å². The van der Waals surface area contributed by atoms with Crippen molar-refractivity contribution in [2.24, 2.45) is 0 Å². The quantitative estimate of drug-likeness (QED) is 0.768. The number of terminal acetylenes is 1. The van der Waals surface area contributed by atoms with E-state index in [0.717, 1.165) is 19.4 Å². The van der Waals surface area contributed by atoms with E-state index in [1.807, 2.05) is 0 Å². The first kappa shape index (κ1) is 16.3. The normalized spacial score (nSPS) is 17.2. The molecule has 1 aromatic rings. The number of amides is 2. The zero-order valence-electron chi connectivity index (χ0n) is 12.8. The van der Waals surface area contributed by atoms with E-state index in [2.05, 4.69) is 16.3 Å². The Balaban J connectivity index is 1.89. The van der Waals surface area contributed by atoms with Gasteiger partial charge in [-0.25, -0.2) is 4.79 Å². The van der Waals surface area contributed by atoms with Crippen LogP contribution >= 0.6 is 0 Å². The molecule has 0 aromatic carbocycles. The van der Waals surface area contributed by atoms with Crippen LogP contribution in [0.2, 0.25) is 0 Å². The van der Waals surface area contributed by atoms with Crippen molar-refractivity contribution in [1.29, 1.82) is 0 Å². The molecule has 0 saturated carbocycles. The number of hydrogen-bond acceptors (Lipinski definition) is 4. The molecular weight excluding hydrogens is 284 g/mol. The zero-order chi connectivity index (χ0) is 15.8. The first-order valence-electron chi connectivity index (χ1n) is 7.36. The molecule has 22 heavy (non-hydrogen) atoms. The highest BCUT2D eigenvalue weighted by atomic mass is 16.5. The van der Waals surface area contributed by atoms with Crippen molar-refractivity contribution in [3.05, 3.63) is 12.3 Å². The molecule has 1 aromatic heterocycles. The average Bonchev–Trinajstić information content (AvgIpc) is 3.16. The first-order chi connectivity index (χ1) is 10.7. The summed E-state index contributed by atoms with van der Waals surface area (Å²) in [4.78, 5) is 13.9. The Bertz CT molecular complexity index is 517. The van der Waals surface area contributed by atoms with Crippen molar-refractivity contribution in [2.75, 3.05) is 38.7 Å². The van der Waals surface area contributed by atoms with Crippen LogP contribution in [-0.4, -0.2) is 60.2 Å². The van der Waals surface area contributed by atoms with E-state index in [-0.39, 0.29) is 18.7 Å². The molecule has 120 valence electrons. The van der Waals surface area contributed by atoms with Crippen molar-refractivity contribution >= 4 is 11.8 Å². The monoisotopic (exact) mass is 306 g/mol. The van der Waals surface area contributed by atoms with Crippen LogP contribution in [-0.2, 0) is 16.0 Å². The summed E-state index contributed by atoms with van der Waals surface area (Å²) in [5.74, 6) is 3.00. The number of methoxy groups -OCH3 is 1. The summed E-state index contributed by atoms with van der Waals surface area (Å²) in [6.07, 6.45) is 9.19.